The standard InChI is InChI=1S/C11H13ClFNO2/c12-11-8(9(13)4-5-14-11)7-16-10-3-1-2-6-15-10/h4-5,10H,1-3,6-7H2. The fourth-order valence-corrected chi connectivity index (χ4v) is 1.79. The molecule has 1 unspecified atom stereocenters. The highest BCUT2D eigenvalue weighted by atomic mass is 35.5. The van der Waals surface area contributed by atoms with Crippen molar-refractivity contribution in [2.24, 2.45) is 0 Å². The molecule has 1 aromatic heterocycles. The molecule has 3 nitrogen and oxygen atoms in total. The summed E-state index contributed by atoms with van der Waals surface area (Å²) in [7, 11) is 0. The number of rotatable bonds is 3. The van der Waals surface area contributed by atoms with E-state index >= 15 is 0 Å². The van der Waals surface area contributed by atoms with Crippen LogP contribution in [0, 0.1) is 5.82 Å². The van der Waals surface area contributed by atoms with E-state index < -0.39 is 5.82 Å². The largest absolute Gasteiger partial charge is 0.353 e. The molecule has 0 saturated carbocycles. The highest BCUT2D eigenvalue weighted by Crippen LogP contribution is 2.20. The molecule has 1 aliphatic heterocycles. The average molecular weight is 246 g/mol. The van der Waals surface area contributed by atoms with Crippen molar-refractivity contribution in [2.75, 3.05) is 6.61 Å². The Balaban J connectivity index is 1.93. The second-order valence-corrected chi connectivity index (χ2v) is 4.03. The Labute approximate surface area is 98.5 Å². The van der Waals surface area contributed by atoms with Crippen LogP contribution in [0.1, 0.15) is 24.8 Å². The van der Waals surface area contributed by atoms with E-state index in [-0.39, 0.29) is 18.1 Å². The van der Waals surface area contributed by atoms with Gasteiger partial charge < -0.3 is 9.47 Å². The molecule has 0 spiro atoms. The molecule has 5 heteroatoms. The summed E-state index contributed by atoms with van der Waals surface area (Å²) < 4.78 is 24.2. The van der Waals surface area contributed by atoms with Crippen molar-refractivity contribution in [3.8, 4) is 0 Å². The maximum Gasteiger partial charge on any atom is 0.158 e. The lowest BCUT2D eigenvalue weighted by atomic mass is 10.2. The molecule has 0 aromatic carbocycles. The van der Waals surface area contributed by atoms with E-state index in [2.05, 4.69) is 4.98 Å². The first kappa shape index (κ1) is 11.8. The molecular weight excluding hydrogens is 233 g/mol. The molecule has 2 rings (SSSR count). The number of hydrogen-bond acceptors (Lipinski definition) is 3. The highest BCUT2D eigenvalue weighted by Gasteiger charge is 2.16. The minimum absolute atomic E-state index is 0.100. The van der Waals surface area contributed by atoms with Gasteiger partial charge in [0.1, 0.15) is 11.0 Å². The first-order chi connectivity index (χ1) is 7.77. The molecular formula is C11H13ClFNO2. The van der Waals surface area contributed by atoms with Crippen molar-refractivity contribution in [3.05, 3.63) is 28.8 Å². The quantitative estimate of drug-likeness (QED) is 0.768. The molecule has 0 N–H and O–H groups in total. The Hall–Kier alpha value is -0.710. The van der Waals surface area contributed by atoms with Crippen molar-refractivity contribution in [1.29, 1.82) is 0 Å². The Bertz CT molecular complexity index is 336. The van der Waals surface area contributed by atoms with Gasteiger partial charge in [0.05, 0.1) is 12.2 Å². The Morgan fingerprint density at radius 2 is 2.44 bits per heavy atom. The summed E-state index contributed by atoms with van der Waals surface area (Å²) >= 11 is 5.78. The molecule has 88 valence electrons. The first-order valence-electron chi connectivity index (χ1n) is 5.29. The van der Waals surface area contributed by atoms with E-state index in [1.54, 1.807) is 0 Å². The zero-order valence-corrected chi connectivity index (χ0v) is 9.54. The third-order valence-electron chi connectivity index (χ3n) is 2.50. The van der Waals surface area contributed by atoms with Gasteiger partial charge in [0.2, 0.25) is 0 Å². The number of aromatic nitrogens is 1. The first-order valence-corrected chi connectivity index (χ1v) is 5.67. The maximum atomic E-state index is 13.4. The maximum absolute atomic E-state index is 13.4. The number of hydrogen-bond donors (Lipinski definition) is 0. The lowest BCUT2D eigenvalue weighted by molar-refractivity contribution is -0.169. The highest BCUT2D eigenvalue weighted by molar-refractivity contribution is 6.30. The van der Waals surface area contributed by atoms with Gasteiger partial charge in [-0.2, -0.15) is 0 Å². The van der Waals surface area contributed by atoms with E-state index in [1.165, 1.54) is 12.3 Å². The van der Waals surface area contributed by atoms with Gasteiger partial charge in [-0.15, -0.1) is 0 Å². The fourth-order valence-electron chi connectivity index (χ4n) is 1.59. The summed E-state index contributed by atoms with van der Waals surface area (Å²) in [5.41, 5.74) is 0.290. The monoisotopic (exact) mass is 245 g/mol. The second-order valence-electron chi connectivity index (χ2n) is 3.67. The zero-order chi connectivity index (χ0) is 11.4. The second kappa shape index (κ2) is 5.57. The van der Waals surface area contributed by atoms with Crippen LogP contribution >= 0.6 is 11.6 Å². The predicted molar refractivity (Wildman–Crippen MR) is 57.6 cm³/mol. The molecule has 16 heavy (non-hydrogen) atoms. The molecule has 2 heterocycles. The van der Waals surface area contributed by atoms with Crippen LogP contribution in [-0.2, 0) is 16.1 Å². The summed E-state index contributed by atoms with van der Waals surface area (Å²) in [6.45, 7) is 0.803. The number of ether oxygens (including phenoxy) is 2. The van der Waals surface area contributed by atoms with E-state index in [4.69, 9.17) is 21.1 Å². The SMILES string of the molecule is Fc1ccnc(Cl)c1COC1CCCCO1. The molecule has 0 radical (unpaired) electrons. The van der Waals surface area contributed by atoms with E-state index in [9.17, 15) is 4.39 Å². The van der Waals surface area contributed by atoms with Crippen LogP contribution in [0.5, 0.6) is 0 Å². The van der Waals surface area contributed by atoms with Gasteiger partial charge in [-0.3, -0.25) is 0 Å². The summed E-state index contributed by atoms with van der Waals surface area (Å²) in [4.78, 5) is 3.81. The minimum Gasteiger partial charge on any atom is -0.353 e. The van der Waals surface area contributed by atoms with Gasteiger partial charge in [0, 0.05) is 12.8 Å². The Morgan fingerprint density at radius 1 is 1.56 bits per heavy atom. The van der Waals surface area contributed by atoms with Crippen LogP contribution in [0.15, 0.2) is 12.3 Å². The third kappa shape index (κ3) is 2.90. The normalized spacial score (nSPS) is 21.0. The molecule has 0 aliphatic carbocycles. The third-order valence-corrected chi connectivity index (χ3v) is 2.82. The topological polar surface area (TPSA) is 31.4 Å². The van der Waals surface area contributed by atoms with Crippen LogP contribution in [0.4, 0.5) is 4.39 Å². The summed E-state index contributed by atoms with van der Waals surface area (Å²) in [5.74, 6) is -0.393. The van der Waals surface area contributed by atoms with Gasteiger partial charge in [-0.1, -0.05) is 11.6 Å². The molecule has 0 amide bonds. The average Bonchev–Trinajstić information content (AvgIpc) is 2.30. The molecule has 1 fully saturated rings. The molecule has 1 aliphatic rings. The van der Waals surface area contributed by atoms with E-state index in [0.717, 1.165) is 19.3 Å². The molecule has 0 bridgehead atoms. The Kier molecular flexibility index (Phi) is 4.09. The van der Waals surface area contributed by atoms with Crippen molar-refractivity contribution in [3.63, 3.8) is 0 Å². The predicted octanol–water partition coefficient (Wildman–Crippen LogP) is 2.92. The summed E-state index contributed by atoms with van der Waals surface area (Å²) in [6.07, 6.45) is 4.07. The van der Waals surface area contributed by atoms with Crippen LogP contribution < -0.4 is 0 Å². The summed E-state index contributed by atoms with van der Waals surface area (Å²) in [6, 6.07) is 1.27. The van der Waals surface area contributed by atoms with Crippen LogP contribution in [0.3, 0.4) is 0 Å². The number of nitrogens with zero attached hydrogens (tertiary/aromatic N) is 1. The van der Waals surface area contributed by atoms with Gasteiger partial charge in [0.15, 0.2) is 6.29 Å². The molecule has 1 aromatic rings. The van der Waals surface area contributed by atoms with Crippen LogP contribution in [-0.4, -0.2) is 17.9 Å². The summed E-state index contributed by atoms with van der Waals surface area (Å²) in [5, 5.41) is 0.149. The smallest absolute Gasteiger partial charge is 0.158 e. The van der Waals surface area contributed by atoms with Crippen molar-refractivity contribution < 1.29 is 13.9 Å². The van der Waals surface area contributed by atoms with Gasteiger partial charge in [-0.25, -0.2) is 9.37 Å². The molecule has 1 saturated heterocycles. The lowest BCUT2D eigenvalue weighted by Crippen LogP contribution is -2.22. The van der Waals surface area contributed by atoms with Crippen molar-refractivity contribution >= 4 is 11.6 Å². The van der Waals surface area contributed by atoms with E-state index in [1.807, 2.05) is 0 Å². The number of pyridine rings is 1. The van der Waals surface area contributed by atoms with Crippen LogP contribution in [0.25, 0.3) is 0 Å². The van der Waals surface area contributed by atoms with Crippen molar-refractivity contribution in [1.82, 2.24) is 4.98 Å². The lowest BCUT2D eigenvalue weighted by Gasteiger charge is -2.22. The van der Waals surface area contributed by atoms with E-state index in [0.29, 0.717) is 12.2 Å². The van der Waals surface area contributed by atoms with Gasteiger partial charge in [0.25, 0.3) is 0 Å². The Morgan fingerprint density at radius 3 is 3.12 bits per heavy atom. The fraction of sp³-hybridized carbons (Fsp3) is 0.545. The van der Waals surface area contributed by atoms with Gasteiger partial charge in [-0.05, 0) is 25.3 Å². The van der Waals surface area contributed by atoms with Gasteiger partial charge >= 0.3 is 0 Å². The van der Waals surface area contributed by atoms with Crippen LogP contribution in [0.2, 0.25) is 5.15 Å². The molecule has 1 atom stereocenters. The minimum atomic E-state index is -0.393. The van der Waals surface area contributed by atoms with Crippen molar-refractivity contribution in [2.45, 2.75) is 32.2 Å². The number of halogens is 2. The zero-order valence-electron chi connectivity index (χ0n) is 8.79.